The van der Waals surface area contributed by atoms with Crippen molar-refractivity contribution in [1.82, 2.24) is 4.31 Å². The lowest BCUT2D eigenvalue weighted by molar-refractivity contribution is -0.117. The Morgan fingerprint density at radius 3 is 2.31 bits per heavy atom. The minimum Gasteiger partial charge on any atom is -0.497 e. The Morgan fingerprint density at radius 2 is 1.69 bits per heavy atom. The fourth-order valence-corrected chi connectivity index (χ4v) is 4.54. The quantitative estimate of drug-likeness (QED) is 0.542. The molecule has 0 bridgehead atoms. The zero-order valence-electron chi connectivity index (χ0n) is 17.5. The molecule has 0 saturated carbocycles. The van der Waals surface area contributed by atoms with E-state index in [2.05, 4.69) is 5.32 Å². The average molecular weight is 461 g/mol. The van der Waals surface area contributed by atoms with Gasteiger partial charge in [0, 0.05) is 19.5 Å². The number of carbonyl (C=O) groups is 1. The summed E-state index contributed by atoms with van der Waals surface area (Å²) in [5, 5.41) is 2.32. The fraction of sp³-hybridized carbons (Fsp3) is 0.174. The minimum atomic E-state index is -3.95. The van der Waals surface area contributed by atoms with Gasteiger partial charge < -0.3 is 10.1 Å². The molecule has 0 saturated heterocycles. The van der Waals surface area contributed by atoms with Crippen molar-refractivity contribution in [2.24, 2.45) is 0 Å². The van der Waals surface area contributed by atoms with Gasteiger partial charge in [0.25, 0.3) is 0 Å². The minimum absolute atomic E-state index is 0.0672. The Hall–Kier alpha value is -3.30. The van der Waals surface area contributed by atoms with Crippen LogP contribution in [-0.2, 0) is 14.8 Å². The highest BCUT2D eigenvalue weighted by atomic mass is 32.2. The number of anilines is 1. The lowest BCUT2D eigenvalue weighted by atomic mass is 10.0. The van der Waals surface area contributed by atoms with E-state index in [-0.39, 0.29) is 17.0 Å². The maximum atomic E-state index is 13.9. The number of nitrogens with one attached hydrogen (secondary N) is 1. The number of hydrogen-bond donors (Lipinski definition) is 1. The smallest absolute Gasteiger partial charge is 0.243 e. The van der Waals surface area contributed by atoms with Gasteiger partial charge in [0.1, 0.15) is 17.4 Å². The molecule has 0 radical (unpaired) electrons. The van der Waals surface area contributed by atoms with E-state index in [1.54, 1.807) is 42.5 Å². The summed E-state index contributed by atoms with van der Waals surface area (Å²) in [7, 11) is -1.08. The summed E-state index contributed by atoms with van der Waals surface area (Å²) in [5.74, 6) is -1.62. The maximum Gasteiger partial charge on any atom is 0.243 e. The second kappa shape index (κ2) is 9.88. The van der Waals surface area contributed by atoms with Crippen LogP contribution in [0, 0.1) is 11.6 Å². The number of halogens is 2. The topological polar surface area (TPSA) is 75.7 Å². The van der Waals surface area contributed by atoms with E-state index in [9.17, 15) is 22.0 Å². The van der Waals surface area contributed by atoms with E-state index in [0.717, 1.165) is 22.5 Å². The number of benzene rings is 3. The van der Waals surface area contributed by atoms with Crippen LogP contribution in [0.25, 0.3) is 0 Å². The molecule has 1 N–H and O–H groups in total. The molecule has 3 rings (SSSR count). The Morgan fingerprint density at radius 1 is 1.03 bits per heavy atom. The molecule has 0 spiro atoms. The van der Waals surface area contributed by atoms with Crippen LogP contribution in [0.5, 0.6) is 5.75 Å². The molecule has 3 aromatic rings. The van der Waals surface area contributed by atoms with Crippen molar-refractivity contribution in [2.45, 2.75) is 17.4 Å². The molecule has 168 valence electrons. The Balaban J connectivity index is 1.93. The molecular formula is C23H22F2N2O4S. The van der Waals surface area contributed by atoms with Gasteiger partial charge in [-0.1, -0.05) is 30.3 Å². The van der Waals surface area contributed by atoms with Crippen molar-refractivity contribution in [2.75, 3.05) is 19.5 Å². The molecule has 0 fully saturated rings. The molecule has 0 heterocycles. The maximum absolute atomic E-state index is 13.9. The van der Waals surface area contributed by atoms with E-state index in [0.29, 0.717) is 11.3 Å². The molecule has 0 unspecified atom stereocenters. The SMILES string of the molecule is COc1ccc([C@H](CC(=O)Nc2cc(F)ccc2F)N(C)S(=O)(=O)c2ccccc2)cc1. The molecule has 0 aliphatic heterocycles. The predicted octanol–water partition coefficient (Wildman–Crippen LogP) is 4.36. The predicted molar refractivity (Wildman–Crippen MR) is 117 cm³/mol. The number of amides is 1. The van der Waals surface area contributed by atoms with Gasteiger partial charge in [-0.15, -0.1) is 0 Å². The summed E-state index contributed by atoms with van der Waals surface area (Å²) in [6.45, 7) is 0. The lowest BCUT2D eigenvalue weighted by Crippen LogP contribution is -2.34. The Labute approximate surface area is 185 Å². The van der Waals surface area contributed by atoms with Crippen LogP contribution in [0.15, 0.2) is 77.7 Å². The monoisotopic (exact) mass is 460 g/mol. The van der Waals surface area contributed by atoms with Crippen LogP contribution in [-0.4, -0.2) is 32.8 Å². The summed E-state index contributed by atoms with van der Waals surface area (Å²) in [4.78, 5) is 12.8. The first kappa shape index (κ1) is 23.4. The van der Waals surface area contributed by atoms with E-state index < -0.39 is 33.6 Å². The van der Waals surface area contributed by atoms with E-state index >= 15 is 0 Å². The summed E-state index contributed by atoms with van der Waals surface area (Å²) in [5.41, 5.74) is 0.208. The van der Waals surface area contributed by atoms with Crippen molar-refractivity contribution < 1.29 is 26.7 Å². The molecular weight excluding hydrogens is 438 g/mol. The van der Waals surface area contributed by atoms with Crippen molar-refractivity contribution in [1.29, 1.82) is 0 Å². The third kappa shape index (κ3) is 5.30. The molecule has 1 atom stereocenters. The van der Waals surface area contributed by atoms with Gasteiger partial charge >= 0.3 is 0 Å². The molecule has 3 aromatic carbocycles. The van der Waals surface area contributed by atoms with Gasteiger partial charge in [-0.2, -0.15) is 4.31 Å². The van der Waals surface area contributed by atoms with Crippen LogP contribution in [0.2, 0.25) is 0 Å². The summed E-state index contributed by atoms with van der Waals surface area (Å²) >= 11 is 0. The molecule has 32 heavy (non-hydrogen) atoms. The van der Waals surface area contributed by atoms with Crippen LogP contribution in [0.4, 0.5) is 14.5 Å². The first-order chi connectivity index (χ1) is 15.2. The van der Waals surface area contributed by atoms with Crippen molar-refractivity contribution in [3.8, 4) is 5.75 Å². The highest BCUT2D eigenvalue weighted by molar-refractivity contribution is 7.89. The van der Waals surface area contributed by atoms with Gasteiger partial charge in [0.2, 0.25) is 15.9 Å². The molecule has 0 aliphatic rings. The number of sulfonamides is 1. The fourth-order valence-electron chi connectivity index (χ4n) is 3.18. The molecule has 0 aromatic heterocycles. The van der Waals surface area contributed by atoms with Crippen molar-refractivity contribution in [3.63, 3.8) is 0 Å². The van der Waals surface area contributed by atoms with Crippen LogP contribution in [0.1, 0.15) is 18.0 Å². The average Bonchev–Trinajstić information content (AvgIpc) is 2.80. The third-order valence-corrected chi connectivity index (χ3v) is 6.82. The summed E-state index contributed by atoms with van der Waals surface area (Å²) in [6.07, 6.45) is -0.329. The number of ether oxygens (including phenoxy) is 1. The normalized spacial score (nSPS) is 12.4. The van der Waals surface area contributed by atoms with Gasteiger partial charge in [-0.05, 0) is 42.0 Å². The number of nitrogens with zero attached hydrogens (tertiary/aromatic N) is 1. The van der Waals surface area contributed by atoms with E-state index in [1.807, 2.05) is 0 Å². The van der Waals surface area contributed by atoms with Crippen molar-refractivity contribution >= 4 is 21.6 Å². The molecule has 0 aliphatic carbocycles. The third-order valence-electron chi connectivity index (χ3n) is 4.94. The molecule has 6 nitrogen and oxygen atoms in total. The van der Waals surface area contributed by atoms with Crippen LogP contribution < -0.4 is 10.1 Å². The highest BCUT2D eigenvalue weighted by Gasteiger charge is 2.31. The summed E-state index contributed by atoms with van der Waals surface area (Å²) < 4.78 is 60.0. The second-order valence-electron chi connectivity index (χ2n) is 7.00. The molecule has 1 amide bonds. The van der Waals surface area contributed by atoms with E-state index in [4.69, 9.17) is 4.74 Å². The number of rotatable bonds is 8. The highest BCUT2D eigenvalue weighted by Crippen LogP contribution is 2.30. The van der Waals surface area contributed by atoms with Gasteiger partial charge in [-0.3, -0.25) is 4.79 Å². The van der Waals surface area contributed by atoms with Crippen molar-refractivity contribution in [3.05, 3.63) is 90.0 Å². The van der Waals surface area contributed by atoms with Gasteiger partial charge in [0.05, 0.1) is 23.7 Å². The first-order valence-electron chi connectivity index (χ1n) is 9.64. The molecule has 9 heteroatoms. The van der Waals surface area contributed by atoms with Gasteiger partial charge in [-0.25, -0.2) is 17.2 Å². The zero-order valence-corrected chi connectivity index (χ0v) is 18.3. The largest absolute Gasteiger partial charge is 0.497 e. The number of carbonyl (C=O) groups excluding carboxylic acids is 1. The van der Waals surface area contributed by atoms with Crippen LogP contribution in [0.3, 0.4) is 0 Å². The number of methoxy groups -OCH3 is 1. The van der Waals surface area contributed by atoms with Gasteiger partial charge in [0.15, 0.2) is 0 Å². The second-order valence-corrected chi connectivity index (χ2v) is 9.00. The number of hydrogen-bond acceptors (Lipinski definition) is 4. The summed E-state index contributed by atoms with van der Waals surface area (Å²) in [6, 6.07) is 16.2. The standard InChI is InChI=1S/C23H22F2N2O4S/c1-27(32(29,30)19-6-4-3-5-7-19)22(16-8-11-18(31-2)12-9-16)15-23(28)26-21-14-17(24)10-13-20(21)25/h3-14,22H,15H2,1-2H3,(H,26,28)/t22-/m0/s1. The first-order valence-corrected chi connectivity index (χ1v) is 11.1. The van der Waals surface area contributed by atoms with Crippen LogP contribution >= 0.6 is 0 Å². The Kier molecular flexibility index (Phi) is 7.22. The lowest BCUT2D eigenvalue weighted by Gasteiger charge is -2.28. The Bertz CT molecular complexity index is 1190. The van der Waals surface area contributed by atoms with E-state index in [1.165, 1.54) is 26.3 Å². The zero-order chi connectivity index (χ0) is 23.3.